The lowest BCUT2D eigenvalue weighted by atomic mass is 9.95. The first-order chi connectivity index (χ1) is 11.2. The zero-order valence-corrected chi connectivity index (χ0v) is 15.0. The molecule has 0 aliphatic rings. The molecule has 2 aromatic carbocycles. The Morgan fingerprint density at radius 1 is 0.826 bits per heavy atom. The summed E-state index contributed by atoms with van der Waals surface area (Å²) in [5, 5.41) is 3.21. The van der Waals surface area contributed by atoms with Gasteiger partial charge in [0.1, 0.15) is 0 Å². The van der Waals surface area contributed by atoms with E-state index in [1.54, 1.807) is 0 Å². The molecule has 0 aliphatic carbocycles. The van der Waals surface area contributed by atoms with Crippen LogP contribution in [-0.4, -0.2) is 13.6 Å². The summed E-state index contributed by atoms with van der Waals surface area (Å²) >= 11 is 0. The third kappa shape index (κ3) is 5.51. The van der Waals surface area contributed by atoms with Gasteiger partial charge < -0.3 is 5.32 Å². The molecule has 124 valence electrons. The number of aryl methyl sites for hydroxylation is 2. The Bertz CT molecular complexity index is 583. The number of rotatable bonds is 9. The van der Waals surface area contributed by atoms with Gasteiger partial charge in [-0.25, -0.2) is 0 Å². The van der Waals surface area contributed by atoms with Crippen molar-refractivity contribution >= 4 is 0 Å². The molecule has 0 spiro atoms. The highest BCUT2D eigenvalue weighted by Crippen LogP contribution is 2.19. The standard InChI is InChI=1S/C22H31N/c1-4-21-10-8-11-22(18(21)2)17-20-14-12-19(13-15-20)9-6-5-7-16-23-3/h8,10-15,23H,4-7,9,16-17H2,1-3H3. The van der Waals surface area contributed by atoms with Gasteiger partial charge in [-0.1, -0.05) is 55.8 Å². The molecule has 0 fully saturated rings. The van der Waals surface area contributed by atoms with Crippen LogP contribution >= 0.6 is 0 Å². The zero-order chi connectivity index (χ0) is 16.5. The second kappa shape index (κ2) is 9.52. The summed E-state index contributed by atoms with van der Waals surface area (Å²) in [4.78, 5) is 0. The molecule has 0 aromatic heterocycles. The SMILES string of the molecule is CCc1cccc(Cc2ccc(CCCCCNC)cc2)c1C. The fourth-order valence-electron chi connectivity index (χ4n) is 3.16. The molecule has 0 saturated heterocycles. The van der Waals surface area contributed by atoms with Crippen molar-refractivity contribution < 1.29 is 0 Å². The van der Waals surface area contributed by atoms with E-state index in [9.17, 15) is 0 Å². The van der Waals surface area contributed by atoms with Crippen molar-refractivity contribution in [3.8, 4) is 0 Å². The molecule has 0 aliphatic heterocycles. The van der Waals surface area contributed by atoms with Crippen LogP contribution in [0, 0.1) is 6.92 Å². The highest BCUT2D eigenvalue weighted by Gasteiger charge is 2.04. The minimum atomic E-state index is 1.04. The van der Waals surface area contributed by atoms with Crippen LogP contribution in [0.15, 0.2) is 42.5 Å². The quantitative estimate of drug-likeness (QED) is 0.637. The van der Waals surface area contributed by atoms with Crippen molar-refractivity contribution in [3.63, 3.8) is 0 Å². The van der Waals surface area contributed by atoms with Gasteiger partial charge in [-0.05, 0) is 80.4 Å². The molecule has 0 heterocycles. The molecule has 1 N–H and O–H groups in total. The number of hydrogen-bond acceptors (Lipinski definition) is 1. The van der Waals surface area contributed by atoms with E-state index in [1.807, 2.05) is 7.05 Å². The Labute approximate surface area is 142 Å². The van der Waals surface area contributed by atoms with Gasteiger partial charge in [-0.3, -0.25) is 0 Å². The van der Waals surface area contributed by atoms with E-state index in [-0.39, 0.29) is 0 Å². The average Bonchev–Trinajstić information content (AvgIpc) is 2.58. The van der Waals surface area contributed by atoms with E-state index in [4.69, 9.17) is 0 Å². The summed E-state index contributed by atoms with van der Waals surface area (Å²) in [5.74, 6) is 0. The second-order valence-electron chi connectivity index (χ2n) is 6.46. The molecule has 1 nitrogen and oxygen atoms in total. The first kappa shape index (κ1) is 17.7. The van der Waals surface area contributed by atoms with Crippen molar-refractivity contribution in [3.05, 3.63) is 70.3 Å². The lowest BCUT2D eigenvalue weighted by Crippen LogP contribution is -2.07. The second-order valence-corrected chi connectivity index (χ2v) is 6.46. The van der Waals surface area contributed by atoms with Gasteiger partial charge in [0.2, 0.25) is 0 Å². The number of unbranched alkanes of at least 4 members (excludes halogenated alkanes) is 2. The van der Waals surface area contributed by atoms with Gasteiger partial charge in [0, 0.05) is 0 Å². The van der Waals surface area contributed by atoms with E-state index in [1.165, 1.54) is 53.5 Å². The van der Waals surface area contributed by atoms with Gasteiger partial charge in [-0.15, -0.1) is 0 Å². The maximum atomic E-state index is 3.21. The van der Waals surface area contributed by atoms with Crippen LogP contribution in [-0.2, 0) is 19.3 Å². The van der Waals surface area contributed by atoms with Gasteiger partial charge >= 0.3 is 0 Å². The van der Waals surface area contributed by atoms with Crippen molar-refractivity contribution in [1.29, 1.82) is 0 Å². The molecule has 0 atom stereocenters. The molecule has 0 radical (unpaired) electrons. The maximum absolute atomic E-state index is 3.21. The fourth-order valence-corrected chi connectivity index (χ4v) is 3.16. The molecular formula is C22H31N. The van der Waals surface area contributed by atoms with Crippen LogP contribution in [0.1, 0.15) is 54.0 Å². The molecular weight excluding hydrogens is 278 g/mol. The van der Waals surface area contributed by atoms with E-state index in [0.717, 1.165) is 19.4 Å². The molecule has 0 unspecified atom stereocenters. The zero-order valence-electron chi connectivity index (χ0n) is 15.0. The molecule has 0 bridgehead atoms. The average molecular weight is 309 g/mol. The Kier molecular flexibility index (Phi) is 7.35. The maximum Gasteiger partial charge on any atom is -0.00230 e. The van der Waals surface area contributed by atoms with Gasteiger partial charge in [-0.2, -0.15) is 0 Å². The number of hydrogen-bond donors (Lipinski definition) is 1. The van der Waals surface area contributed by atoms with Crippen molar-refractivity contribution in [2.24, 2.45) is 0 Å². The summed E-state index contributed by atoms with van der Waals surface area (Å²) in [6.07, 6.45) is 7.24. The van der Waals surface area contributed by atoms with E-state index in [2.05, 4.69) is 61.6 Å². The third-order valence-electron chi connectivity index (χ3n) is 4.75. The van der Waals surface area contributed by atoms with Crippen LogP contribution in [0.4, 0.5) is 0 Å². The van der Waals surface area contributed by atoms with Gasteiger partial charge in [0.15, 0.2) is 0 Å². The Balaban J connectivity index is 1.90. The Morgan fingerprint density at radius 3 is 2.22 bits per heavy atom. The predicted octanol–water partition coefficient (Wildman–Crippen LogP) is 5.08. The molecule has 2 rings (SSSR count). The summed E-state index contributed by atoms with van der Waals surface area (Å²) in [6.45, 7) is 5.63. The molecule has 0 saturated carbocycles. The molecule has 2 aromatic rings. The number of benzene rings is 2. The summed E-state index contributed by atoms with van der Waals surface area (Å²) in [7, 11) is 2.02. The molecule has 23 heavy (non-hydrogen) atoms. The van der Waals surface area contributed by atoms with Crippen molar-refractivity contribution in [1.82, 2.24) is 5.32 Å². The predicted molar refractivity (Wildman–Crippen MR) is 101 cm³/mol. The fraction of sp³-hybridized carbons (Fsp3) is 0.455. The third-order valence-corrected chi connectivity index (χ3v) is 4.75. The lowest BCUT2D eigenvalue weighted by Gasteiger charge is -2.11. The summed E-state index contributed by atoms with van der Waals surface area (Å²) in [5.41, 5.74) is 7.28. The highest BCUT2D eigenvalue weighted by atomic mass is 14.8. The smallest absolute Gasteiger partial charge is 0.00230 e. The van der Waals surface area contributed by atoms with Crippen LogP contribution in [0.25, 0.3) is 0 Å². The van der Waals surface area contributed by atoms with Crippen LogP contribution in [0.5, 0.6) is 0 Å². The molecule has 1 heteroatoms. The normalized spacial score (nSPS) is 10.9. The van der Waals surface area contributed by atoms with Gasteiger partial charge in [0.05, 0.1) is 0 Å². The summed E-state index contributed by atoms with van der Waals surface area (Å²) < 4.78 is 0. The van der Waals surface area contributed by atoms with Crippen LogP contribution < -0.4 is 5.32 Å². The van der Waals surface area contributed by atoms with Crippen LogP contribution in [0.2, 0.25) is 0 Å². The lowest BCUT2D eigenvalue weighted by molar-refractivity contribution is 0.642. The largest absolute Gasteiger partial charge is 0.320 e. The minimum Gasteiger partial charge on any atom is -0.320 e. The molecule has 0 amide bonds. The summed E-state index contributed by atoms with van der Waals surface area (Å²) in [6, 6.07) is 15.9. The highest BCUT2D eigenvalue weighted by molar-refractivity contribution is 5.38. The first-order valence-electron chi connectivity index (χ1n) is 9.04. The topological polar surface area (TPSA) is 12.0 Å². The van der Waals surface area contributed by atoms with E-state index >= 15 is 0 Å². The Hall–Kier alpha value is -1.60. The monoisotopic (exact) mass is 309 g/mol. The van der Waals surface area contributed by atoms with Crippen molar-refractivity contribution in [2.45, 2.75) is 52.4 Å². The number of nitrogens with one attached hydrogen (secondary N) is 1. The Morgan fingerprint density at radius 2 is 1.52 bits per heavy atom. The van der Waals surface area contributed by atoms with Crippen LogP contribution in [0.3, 0.4) is 0 Å². The van der Waals surface area contributed by atoms with Crippen molar-refractivity contribution in [2.75, 3.05) is 13.6 Å². The van der Waals surface area contributed by atoms with E-state index < -0.39 is 0 Å². The minimum absolute atomic E-state index is 1.04. The first-order valence-corrected chi connectivity index (χ1v) is 9.04. The van der Waals surface area contributed by atoms with Gasteiger partial charge in [0.25, 0.3) is 0 Å². The van der Waals surface area contributed by atoms with E-state index in [0.29, 0.717) is 0 Å².